The van der Waals surface area contributed by atoms with Crippen molar-refractivity contribution in [2.75, 3.05) is 11.1 Å². The third-order valence-electron chi connectivity index (χ3n) is 3.67. The van der Waals surface area contributed by atoms with Gasteiger partial charge in [0.1, 0.15) is 0 Å². The summed E-state index contributed by atoms with van der Waals surface area (Å²) in [6, 6.07) is 13.7. The first-order chi connectivity index (χ1) is 12.0. The van der Waals surface area contributed by atoms with Crippen LogP contribution in [-0.4, -0.2) is 16.6 Å². The highest BCUT2D eigenvalue weighted by Gasteiger charge is 2.11. The van der Waals surface area contributed by atoms with Crippen molar-refractivity contribution < 1.29 is 9.21 Å². The molecule has 4 nitrogen and oxygen atoms in total. The number of aromatic nitrogens is 1. The van der Waals surface area contributed by atoms with Crippen LogP contribution >= 0.6 is 27.7 Å². The van der Waals surface area contributed by atoms with Gasteiger partial charge in [-0.1, -0.05) is 58.0 Å². The molecule has 25 heavy (non-hydrogen) atoms. The topological polar surface area (TPSA) is 55.1 Å². The molecule has 1 N–H and O–H groups in total. The molecule has 0 saturated heterocycles. The number of amides is 1. The highest BCUT2D eigenvalue weighted by Crippen LogP contribution is 2.27. The summed E-state index contributed by atoms with van der Waals surface area (Å²) in [5, 5.41) is 3.44. The Morgan fingerprint density at radius 1 is 1.20 bits per heavy atom. The Morgan fingerprint density at radius 2 is 1.92 bits per heavy atom. The van der Waals surface area contributed by atoms with Crippen LogP contribution in [0.15, 0.2) is 62.8 Å². The summed E-state index contributed by atoms with van der Waals surface area (Å²) < 4.78 is 6.70. The van der Waals surface area contributed by atoms with Crippen LogP contribution in [0.4, 0.5) is 5.69 Å². The SMILES string of the molecule is Cc1cccc(C)c1NC(=O)CSc1ncc(-c2cccc(Br)c2)o1. The van der Waals surface area contributed by atoms with Crippen molar-refractivity contribution in [1.29, 1.82) is 0 Å². The zero-order valence-electron chi connectivity index (χ0n) is 13.9. The maximum atomic E-state index is 12.2. The number of carbonyl (C=O) groups is 1. The summed E-state index contributed by atoms with van der Waals surface area (Å²) in [7, 11) is 0. The second-order valence-corrected chi connectivity index (χ2v) is 7.45. The zero-order chi connectivity index (χ0) is 17.8. The lowest BCUT2D eigenvalue weighted by Gasteiger charge is -2.10. The van der Waals surface area contributed by atoms with E-state index in [0.717, 1.165) is 26.9 Å². The summed E-state index contributed by atoms with van der Waals surface area (Å²) >= 11 is 4.72. The van der Waals surface area contributed by atoms with Crippen LogP contribution in [0.5, 0.6) is 0 Å². The number of nitrogens with one attached hydrogen (secondary N) is 1. The first kappa shape index (κ1) is 17.8. The molecule has 6 heteroatoms. The summed E-state index contributed by atoms with van der Waals surface area (Å²) in [6.45, 7) is 3.96. The highest BCUT2D eigenvalue weighted by atomic mass is 79.9. The van der Waals surface area contributed by atoms with E-state index in [9.17, 15) is 4.79 Å². The molecule has 2 aromatic carbocycles. The minimum absolute atomic E-state index is 0.0791. The fourth-order valence-corrected chi connectivity index (χ4v) is 3.42. The molecule has 0 atom stereocenters. The van der Waals surface area contributed by atoms with E-state index in [-0.39, 0.29) is 11.7 Å². The van der Waals surface area contributed by atoms with E-state index >= 15 is 0 Å². The fourth-order valence-electron chi connectivity index (χ4n) is 2.41. The van der Waals surface area contributed by atoms with Crippen molar-refractivity contribution in [3.05, 3.63) is 64.3 Å². The molecule has 0 aliphatic rings. The van der Waals surface area contributed by atoms with Gasteiger partial charge in [-0.05, 0) is 37.1 Å². The highest BCUT2D eigenvalue weighted by molar-refractivity contribution is 9.10. The van der Waals surface area contributed by atoms with E-state index in [4.69, 9.17) is 4.42 Å². The van der Waals surface area contributed by atoms with E-state index in [0.29, 0.717) is 11.0 Å². The number of anilines is 1. The van der Waals surface area contributed by atoms with Crippen molar-refractivity contribution in [1.82, 2.24) is 4.98 Å². The molecule has 0 spiro atoms. The Kier molecular flexibility index (Phi) is 5.60. The van der Waals surface area contributed by atoms with Gasteiger partial charge in [0.25, 0.3) is 5.22 Å². The van der Waals surface area contributed by atoms with E-state index in [1.165, 1.54) is 11.8 Å². The van der Waals surface area contributed by atoms with Crippen LogP contribution in [-0.2, 0) is 4.79 Å². The molecule has 0 bridgehead atoms. The van der Waals surface area contributed by atoms with Crippen LogP contribution in [0.1, 0.15) is 11.1 Å². The second kappa shape index (κ2) is 7.89. The van der Waals surface area contributed by atoms with Crippen LogP contribution in [0, 0.1) is 13.8 Å². The lowest BCUT2D eigenvalue weighted by Crippen LogP contribution is -2.15. The van der Waals surface area contributed by atoms with Crippen LogP contribution in [0.3, 0.4) is 0 Å². The van der Waals surface area contributed by atoms with Gasteiger partial charge in [0.15, 0.2) is 5.76 Å². The number of aryl methyl sites for hydroxylation is 2. The molecule has 0 unspecified atom stereocenters. The van der Waals surface area contributed by atoms with Gasteiger partial charge in [0.05, 0.1) is 11.9 Å². The smallest absolute Gasteiger partial charge is 0.256 e. The molecule has 0 aliphatic carbocycles. The standard InChI is InChI=1S/C19H17BrN2O2S/c1-12-5-3-6-13(2)18(12)22-17(23)11-25-19-21-10-16(24-19)14-7-4-8-15(20)9-14/h3-10H,11H2,1-2H3,(H,22,23). The third kappa shape index (κ3) is 4.52. The van der Waals surface area contributed by atoms with E-state index in [1.54, 1.807) is 6.20 Å². The predicted octanol–water partition coefficient (Wildman–Crippen LogP) is 5.45. The van der Waals surface area contributed by atoms with Crippen LogP contribution in [0.25, 0.3) is 11.3 Å². The molecule has 128 valence electrons. The molecule has 0 aliphatic heterocycles. The minimum Gasteiger partial charge on any atom is -0.431 e. The predicted molar refractivity (Wildman–Crippen MR) is 105 cm³/mol. The molecule has 0 fully saturated rings. The zero-order valence-corrected chi connectivity index (χ0v) is 16.3. The number of halogens is 1. The first-order valence-corrected chi connectivity index (χ1v) is 9.51. The Bertz CT molecular complexity index is 888. The van der Waals surface area contributed by atoms with Crippen LogP contribution in [0.2, 0.25) is 0 Å². The van der Waals surface area contributed by atoms with Gasteiger partial charge < -0.3 is 9.73 Å². The Labute approximate surface area is 159 Å². The van der Waals surface area contributed by atoms with Crippen molar-refractivity contribution >= 4 is 39.3 Å². The van der Waals surface area contributed by atoms with Gasteiger partial charge in [-0.3, -0.25) is 4.79 Å². The van der Waals surface area contributed by atoms with Gasteiger partial charge in [-0.15, -0.1) is 0 Å². The summed E-state index contributed by atoms with van der Waals surface area (Å²) in [4.78, 5) is 16.4. The van der Waals surface area contributed by atoms with Gasteiger partial charge in [-0.2, -0.15) is 0 Å². The van der Waals surface area contributed by atoms with Gasteiger partial charge in [-0.25, -0.2) is 4.98 Å². The molecule has 1 aromatic heterocycles. The number of para-hydroxylation sites is 1. The van der Waals surface area contributed by atoms with Crippen molar-refractivity contribution in [3.63, 3.8) is 0 Å². The maximum absolute atomic E-state index is 12.2. The largest absolute Gasteiger partial charge is 0.431 e. The number of thioether (sulfide) groups is 1. The Morgan fingerprint density at radius 3 is 2.64 bits per heavy atom. The van der Waals surface area contributed by atoms with Gasteiger partial charge in [0.2, 0.25) is 5.91 Å². The summed E-state index contributed by atoms with van der Waals surface area (Å²) in [5.41, 5.74) is 3.90. The molecule has 0 radical (unpaired) electrons. The Hall–Kier alpha value is -2.05. The fraction of sp³-hybridized carbons (Fsp3) is 0.158. The number of oxazole rings is 1. The van der Waals surface area contributed by atoms with Crippen molar-refractivity contribution in [2.24, 2.45) is 0 Å². The summed E-state index contributed by atoms with van der Waals surface area (Å²) in [6.07, 6.45) is 1.67. The maximum Gasteiger partial charge on any atom is 0.256 e. The normalized spacial score (nSPS) is 10.7. The molecule has 3 aromatic rings. The molecular formula is C19H17BrN2O2S. The monoisotopic (exact) mass is 416 g/mol. The number of hydrogen-bond acceptors (Lipinski definition) is 4. The number of hydrogen-bond donors (Lipinski definition) is 1. The molecule has 1 amide bonds. The quantitative estimate of drug-likeness (QED) is 0.561. The number of carbonyl (C=O) groups excluding carboxylic acids is 1. The van der Waals surface area contributed by atoms with Gasteiger partial charge in [0, 0.05) is 15.7 Å². The average molecular weight is 417 g/mol. The second-order valence-electron chi connectivity index (χ2n) is 5.60. The lowest BCUT2D eigenvalue weighted by atomic mass is 10.1. The minimum atomic E-state index is -0.0791. The van der Waals surface area contributed by atoms with E-state index in [1.807, 2.05) is 56.3 Å². The lowest BCUT2D eigenvalue weighted by molar-refractivity contribution is -0.113. The van der Waals surface area contributed by atoms with Gasteiger partial charge >= 0.3 is 0 Å². The first-order valence-electron chi connectivity index (χ1n) is 7.73. The Balaban J connectivity index is 1.61. The summed E-state index contributed by atoms with van der Waals surface area (Å²) in [5.74, 6) is 0.843. The van der Waals surface area contributed by atoms with Crippen molar-refractivity contribution in [2.45, 2.75) is 19.1 Å². The number of rotatable bonds is 5. The van der Waals surface area contributed by atoms with E-state index in [2.05, 4.69) is 26.2 Å². The van der Waals surface area contributed by atoms with Crippen molar-refractivity contribution in [3.8, 4) is 11.3 Å². The number of nitrogens with zero attached hydrogens (tertiary/aromatic N) is 1. The third-order valence-corrected chi connectivity index (χ3v) is 5.00. The van der Waals surface area contributed by atoms with E-state index < -0.39 is 0 Å². The molecular weight excluding hydrogens is 400 g/mol. The molecule has 0 saturated carbocycles. The average Bonchev–Trinajstić information content (AvgIpc) is 3.06. The number of benzene rings is 2. The van der Waals surface area contributed by atoms with Crippen LogP contribution < -0.4 is 5.32 Å². The molecule has 3 rings (SSSR count). The molecule has 1 heterocycles.